The molecule has 0 unspecified atom stereocenters. The minimum atomic E-state index is -1.64. The van der Waals surface area contributed by atoms with Gasteiger partial charge in [-0.1, -0.05) is 13.0 Å². The van der Waals surface area contributed by atoms with E-state index in [1.807, 2.05) is 0 Å². The molecule has 0 saturated carbocycles. The molecule has 0 spiro atoms. The van der Waals surface area contributed by atoms with Crippen LogP contribution in [0.25, 0.3) is 0 Å². The lowest BCUT2D eigenvalue weighted by molar-refractivity contribution is -0.299. The second kappa shape index (κ2) is 3.66. The van der Waals surface area contributed by atoms with Crippen LogP contribution in [0.2, 0.25) is 0 Å². The third-order valence-electron chi connectivity index (χ3n) is 0.859. The van der Waals surface area contributed by atoms with E-state index in [2.05, 4.69) is 0 Å². The predicted octanol–water partition coefficient (Wildman–Crippen LogP) is -0.843. The number of carboxylic acid groups (broad SMARTS) is 2. The summed E-state index contributed by atoms with van der Waals surface area (Å²) in [5.74, 6) is -3.10. The van der Waals surface area contributed by atoms with Crippen LogP contribution in [0.3, 0.4) is 0 Å². The molecule has 10 heavy (non-hydrogen) atoms. The van der Waals surface area contributed by atoms with E-state index in [0.717, 1.165) is 6.08 Å². The van der Waals surface area contributed by atoms with E-state index in [1.165, 1.54) is 0 Å². The highest BCUT2D eigenvalue weighted by atomic mass is 16.4. The average molecular weight is 143 g/mol. The first kappa shape index (κ1) is 8.68. The molecule has 4 heteroatoms. The highest BCUT2D eigenvalue weighted by molar-refractivity contribution is 6.11. The largest absolute Gasteiger partial charge is 0.545 e. The topological polar surface area (TPSA) is 77.4 Å². The first-order valence-corrected chi connectivity index (χ1v) is 2.74. The third-order valence-corrected chi connectivity index (χ3v) is 0.859. The minimum Gasteiger partial charge on any atom is -0.545 e. The Balaban J connectivity index is 4.42. The van der Waals surface area contributed by atoms with Crippen LogP contribution < -0.4 is 5.11 Å². The van der Waals surface area contributed by atoms with Crippen molar-refractivity contribution in [2.75, 3.05) is 0 Å². The summed E-state index contributed by atoms with van der Waals surface area (Å²) in [6.45, 7) is 1.64. The lowest BCUT2D eigenvalue weighted by atomic mass is 10.2. The number of allylic oxidation sites excluding steroid dienone is 1. The van der Waals surface area contributed by atoms with Gasteiger partial charge in [0, 0.05) is 0 Å². The van der Waals surface area contributed by atoms with Crippen LogP contribution in [0.15, 0.2) is 11.6 Å². The van der Waals surface area contributed by atoms with Crippen LogP contribution in [0.4, 0.5) is 0 Å². The van der Waals surface area contributed by atoms with Crippen LogP contribution in [0.1, 0.15) is 13.3 Å². The van der Waals surface area contributed by atoms with E-state index in [-0.39, 0.29) is 0 Å². The summed E-state index contributed by atoms with van der Waals surface area (Å²) >= 11 is 0. The van der Waals surface area contributed by atoms with Crippen molar-refractivity contribution >= 4 is 11.9 Å². The van der Waals surface area contributed by atoms with Gasteiger partial charge in [0.05, 0.1) is 11.5 Å². The van der Waals surface area contributed by atoms with Crippen molar-refractivity contribution in [2.45, 2.75) is 13.3 Å². The molecule has 0 radical (unpaired) electrons. The van der Waals surface area contributed by atoms with Crippen LogP contribution in [0.5, 0.6) is 0 Å². The minimum absolute atomic E-state index is 0.371. The van der Waals surface area contributed by atoms with Gasteiger partial charge < -0.3 is 15.0 Å². The number of aliphatic carboxylic acids is 2. The molecule has 4 nitrogen and oxygen atoms in total. The average Bonchev–Trinajstić information content (AvgIpc) is 1.81. The summed E-state index contributed by atoms with van der Waals surface area (Å²) in [7, 11) is 0. The quantitative estimate of drug-likeness (QED) is 0.317. The third kappa shape index (κ3) is 2.30. The summed E-state index contributed by atoms with van der Waals surface area (Å²) in [4.78, 5) is 20.0. The van der Waals surface area contributed by atoms with Gasteiger partial charge in [-0.25, -0.2) is 4.79 Å². The van der Waals surface area contributed by atoms with Gasteiger partial charge >= 0.3 is 5.97 Å². The number of carboxylic acids is 2. The second-order valence-electron chi connectivity index (χ2n) is 1.62. The molecule has 0 aliphatic heterocycles. The Morgan fingerprint density at radius 3 is 2.20 bits per heavy atom. The molecule has 0 amide bonds. The van der Waals surface area contributed by atoms with Crippen molar-refractivity contribution < 1.29 is 19.8 Å². The molecule has 0 aromatic heterocycles. The molecule has 0 fully saturated rings. The van der Waals surface area contributed by atoms with Crippen molar-refractivity contribution in [1.29, 1.82) is 0 Å². The number of rotatable bonds is 3. The van der Waals surface area contributed by atoms with Crippen molar-refractivity contribution in [2.24, 2.45) is 0 Å². The van der Waals surface area contributed by atoms with Gasteiger partial charge in [-0.2, -0.15) is 0 Å². The Morgan fingerprint density at radius 2 is 2.10 bits per heavy atom. The highest BCUT2D eigenvalue weighted by Crippen LogP contribution is 1.94. The molecule has 0 aliphatic carbocycles. The normalized spacial score (nSPS) is 11.1. The first-order chi connectivity index (χ1) is 4.59. The lowest BCUT2D eigenvalue weighted by Crippen LogP contribution is -2.28. The van der Waals surface area contributed by atoms with Gasteiger partial charge in [0.1, 0.15) is 0 Å². The van der Waals surface area contributed by atoms with Gasteiger partial charge in [0.25, 0.3) is 0 Å². The molecule has 0 bridgehead atoms. The SMILES string of the molecule is CC/C=C(\C(=O)[O-])C(=O)O. The summed E-state index contributed by atoms with van der Waals surface area (Å²) in [5, 5.41) is 18.2. The Morgan fingerprint density at radius 1 is 1.60 bits per heavy atom. The van der Waals surface area contributed by atoms with Crippen molar-refractivity contribution in [3.8, 4) is 0 Å². The van der Waals surface area contributed by atoms with Gasteiger partial charge in [0.2, 0.25) is 0 Å². The first-order valence-electron chi connectivity index (χ1n) is 2.74. The van der Waals surface area contributed by atoms with Crippen molar-refractivity contribution in [3.05, 3.63) is 11.6 Å². The summed E-state index contributed by atoms with van der Waals surface area (Å²) in [6, 6.07) is 0. The van der Waals surface area contributed by atoms with Crippen molar-refractivity contribution in [3.63, 3.8) is 0 Å². The Kier molecular flexibility index (Phi) is 3.17. The van der Waals surface area contributed by atoms with E-state index in [0.29, 0.717) is 6.42 Å². The van der Waals surface area contributed by atoms with Gasteiger partial charge in [0.15, 0.2) is 0 Å². The fourth-order valence-electron chi connectivity index (χ4n) is 0.462. The maximum absolute atomic E-state index is 10.0. The molecule has 0 aromatic rings. The lowest BCUT2D eigenvalue weighted by Gasteiger charge is -2.00. The highest BCUT2D eigenvalue weighted by Gasteiger charge is 2.05. The number of hydrogen-bond acceptors (Lipinski definition) is 3. The van der Waals surface area contributed by atoms with Gasteiger partial charge in [-0.15, -0.1) is 0 Å². The Hall–Kier alpha value is -1.32. The molecular formula is C6H7O4-. The number of carbonyl (C=O) groups is 2. The van der Waals surface area contributed by atoms with E-state index in [4.69, 9.17) is 5.11 Å². The molecule has 0 saturated heterocycles. The molecular weight excluding hydrogens is 136 g/mol. The smallest absolute Gasteiger partial charge is 0.337 e. The van der Waals surface area contributed by atoms with Gasteiger partial charge in [-0.3, -0.25) is 0 Å². The zero-order valence-corrected chi connectivity index (χ0v) is 5.46. The summed E-state index contributed by atoms with van der Waals surface area (Å²) < 4.78 is 0. The second-order valence-corrected chi connectivity index (χ2v) is 1.62. The number of hydrogen-bond donors (Lipinski definition) is 1. The molecule has 0 aliphatic rings. The monoisotopic (exact) mass is 143 g/mol. The molecule has 1 N–H and O–H groups in total. The zero-order chi connectivity index (χ0) is 8.15. The predicted molar refractivity (Wildman–Crippen MR) is 31.0 cm³/mol. The molecule has 0 heterocycles. The van der Waals surface area contributed by atoms with Gasteiger partial charge in [-0.05, 0) is 6.42 Å². The van der Waals surface area contributed by atoms with Crippen LogP contribution >= 0.6 is 0 Å². The Labute approximate surface area is 57.8 Å². The van der Waals surface area contributed by atoms with Crippen LogP contribution in [0, 0.1) is 0 Å². The van der Waals surface area contributed by atoms with Crippen LogP contribution in [-0.4, -0.2) is 17.0 Å². The molecule has 0 atom stereocenters. The van der Waals surface area contributed by atoms with E-state index in [9.17, 15) is 14.7 Å². The maximum atomic E-state index is 10.0. The molecule has 56 valence electrons. The fourth-order valence-corrected chi connectivity index (χ4v) is 0.462. The van der Waals surface area contributed by atoms with E-state index >= 15 is 0 Å². The number of carbonyl (C=O) groups excluding carboxylic acids is 1. The molecule has 0 rings (SSSR count). The maximum Gasteiger partial charge on any atom is 0.337 e. The van der Waals surface area contributed by atoms with Crippen LogP contribution in [-0.2, 0) is 9.59 Å². The van der Waals surface area contributed by atoms with E-state index < -0.39 is 17.5 Å². The van der Waals surface area contributed by atoms with Crippen molar-refractivity contribution in [1.82, 2.24) is 0 Å². The fraction of sp³-hybridized carbons (Fsp3) is 0.333. The van der Waals surface area contributed by atoms with E-state index in [1.54, 1.807) is 6.92 Å². The molecule has 0 aromatic carbocycles. The Bertz CT molecular complexity index is 164. The summed E-state index contributed by atoms with van der Waals surface area (Å²) in [6.07, 6.45) is 1.47. The summed E-state index contributed by atoms with van der Waals surface area (Å²) in [5.41, 5.74) is -0.678. The zero-order valence-electron chi connectivity index (χ0n) is 5.46. The standard InChI is InChI=1S/C6H8O4/c1-2-3-4(5(7)8)6(9)10/h3H,2H2,1H3,(H,7,8)(H,9,10)/p-1.